The van der Waals surface area contributed by atoms with Gasteiger partial charge in [0, 0.05) is 144 Å². The van der Waals surface area contributed by atoms with E-state index in [4.69, 9.17) is 9.47 Å². The molecule has 4 aromatic heterocycles. The van der Waals surface area contributed by atoms with Gasteiger partial charge in [-0.05, 0) is 200 Å². The number of fused-ring (bicyclic) bond motifs is 4. The topological polar surface area (TPSA) is 354 Å². The van der Waals surface area contributed by atoms with E-state index >= 15 is 0 Å². The number of likely N-dealkylation sites (tertiary alicyclic amines) is 4. The van der Waals surface area contributed by atoms with Crippen LogP contribution in [-0.2, 0) is 83.1 Å². The van der Waals surface area contributed by atoms with E-state index in [0.717, 1.165) is 16.7 Å². The maximum Gasteiger partial charge on any atom is 0.302 e. The number of nitrogens with one attached hydrogen (secondary N) is 8. The Balaban J connectivity index is 0.000000239. The van der Waals surface area contributed by atoms with E-state index in [-0.39, 0.29) is 130 Å². The van der Waals surface area contributed by atoms with Crippen LogP contribution in [0.15, 0.2) is 72.8 Å². The van der Waals surface area contributed by atoms with E-state index in [1.54, 1.807) is 78.7 Å². The minimum absolute atomic E-state index is 0.0353. The monoisotopic (exact) mass is 1690 g/mol. The van der Waals surface area contributed by atoms with Crippen molar-refractivity contribution in [2.75, 3.05) is 40.3 Å². The van der Waals surface area contributed by atoms with Crippen LogP contribution >= 0.6 is 0 Å². The van der Waals surface area contributed by atoms with Crippen LogP contribution in [0.25, 0.3) is 66.4 Å². The Bertz CT molecular complexity index is 4860. The van der Waals surface area contributed by atoms with Crippen molar-refractivity contribution in [1.29, 1.82) is 0 Å². The third kappa shape index (κ3) is 20.8. The maximum absolute atomic E-state index is 15.0. The second kappa shape index (κ2) is 40.4. The van der Waals surface area contributed by atoms with Crippen LogP contribution in [0.4, 0.5) is 17.6 Å². The molecule has 12 rings (SSSR count). The van der Waals surface area contributed by atoms with Crippen LogP contribution in [0.2, 0.25) is 0 Å². The summed E-state index contributed by atoms with van der Waals surface area (Å²) in [6.45, 7) is 21.4. The molecule has 4 fully saturated rings. The van der Waals surface area contributed by atoms with Gasteiger partial charge in [-0.15, -0.1) is 0 Å². The summed E-state index contributed by atoms with van der Waals surface area (Å²) in [4.78, 5) is 154. The highest BCUT2D eigenvalue weighted by Crippen LogP contribution is 2.44. The highest BCUT2D eigenvalue weighted by Gasteiger charge is 2.46. The number of aliphatic hydroxyl groups is 2. The zero-order chi connectivity index (χ0) is 88.6. The molecule has 4 aliphatic heterocycles. The first-order chi connectivity index (χ1) is 58.1. The number of likely N-dealkylation sites (N-methyl/N-ethyl adjacent to an activating group) is 2. The van der Waals surface area contributed by atoms with Crippen LogP contribution < -0.4 is 21.3 Å². The third-order valence-corrected chi connectivity index (χ3v) is 25.6. The number of nitrogens with zero attached hydrogens (tertiary/aromatic N) is 4. The molecule has 0 spiro atoms. The highest BCUT2D eigenvalue weighted by atomic mass is 19.1. The number of carbonyl (C=O) groups is 10. The van der Waals surface area contributed by atoms with Crippen LogP contribution in [0.5, 0.6) is 0 Å². The number of hydrogen-bond acceptors (Lipinski definition) is 16. The van der Waals surface area contributed by atoms with Crippen molar-refractivity contribution >= 4 is 103 Å². The van der Waals surface area contributed by atoms with Crippen LogP contribution in [0.3, 0.4) is 0 Å². The van der Waals surface area contributed by atoms with Gasteiger partial charge in [-0.25, -0.2) is 17.6 Å². The van der Waals surface area contributed by atoms with Gasteiger partial charge in [-0.1, -0.05) is 55.4 Å². The fourth-order valence-corrected chi connectivity index (χ4v) is 18.1. The molecule has 0 bridgehead atoms. The summed E-state index contributed by atoms with van der Waals surface area (Å²) in [6, 6.07) is 13.3. The average molecular weight is 1690 g/mol. The minimum atomic E-state index is -0.822. The largest absolute Gasteiger partial charge is 0.461 e. The Kier molecular flexibility index (Phi) is 30.6. The maximum atomic E-state index is 15.0. The number of esters is 2. The van der Waals surface area contributed by atoms with Gasteiger partial charge in [-0.3, -0.25) is 47.9 Å². The summed E-state index contributed by atoms with van der Waals surface area (Å²) in [5.74, 6) is -6.23. The molecule has 10 N–H and O–H groups in total. The molecule has 0 radical (unpaired) electrons. The summed E-state index contributed by atoms with van der Waals surface area (Å²) in [5, 5.41) is 36.4. The number of carbonyl (C=O) groups excluding carboxylic acids is 10. The number of rotatable bonds is 34. The van der Waals surface area contributed by atoms with Gasteiger partial charge < -0.3 is 80.5 Å². The van der Waals surface area contributed by atoms with Gasteiger partial charge in [0.15, 0.2) is 0 Å². The quantitative estimate of drug-likeness (QED) is 0.0132. The molecule has 4 saturated heterocycles. The summed E-state index contributed by atoms with van der Waals surface area (Å²) in [7, 11) is 3.38. The van der Waals surface area contributed by atoms with Crippen molar-refractivity contribution in [3.05, 3.63) is 118 Å². The van der Waals surface area contributed by atoms with Gasteiger partial charge in [0.2, 0.25) is 35.4 Å². The van der Waals surface area contributed by atoms with Crippen molar-refractivity contribution in [2.45, 2.75) is 259 Å². The molecule has 8 heterocycles. The van der Waals surface area contributed by atoms with E-state index in [2.05, 4.69) is 41.2 Å². The molecule has 4 aliphatic rings. The van der Waals surface area contributed by atoms with Crippen molar-refractivity contribution < 1.29 is 85.2 Å². The number of halogens is 4. The summed E-state index contributed by atoms with van der Waals surface area (Å²) in [6.07, 6.45) is 2.29. The van der Waals surface area contributed by atoms with Gasteiger partial charge in [-0.2, -0.15) is 0 Å². The molecule has 6 amide bonds. The molecular weight excluding hydrogens is 1570 g/mol. The predicted octanol–water partition coefficient (Wildman–Crippen LogP) is 11.4. The summed E-state index contributed by atoms with van der Waals surface area (Å²) >= 11 is 0. The molecule has 26 nitrogen and oxygen atoms in total. The molecule has 122 heavy (non-hydrogen) atoms. The van der Waals surface area contributed by atoms with Crippen molar-refractivity contribution in [1.82, 2.24) is 60.8 Å². The number of amides is 6. The fourth-order valence-electron chi connectivity index (χ4n) is 18.1. The molecule has 4 aromatic carbocycles. The van der Waals surface area contributed by atoms with Crippen LogP contribution in [0, 0.1) is 46.9 Å². The second-order valence-electron chi connectivity index (χ2n) is 33.9. The van der Waals surface area contributed by atoms with E-state index < -0.39 is 120 Å². The SMILES string of the molecule is CC[C@H](CC(=O)[C@H](C)NC)C(=O)N1C[C@@H](O)CC1Cc1c(-c2[nH]c3cc(F)ccc3c2C[C@@H]2C[C@H](O)CN2C(=O)[C@H](CC)NC(=O)[C@H](C)CC)[nH]c2cc(F)ccc12.CC[C@H](CC(=O)[C@H](C)NC)C(=O)N1C[C@@H](OC(C)=O)CC1Cc1c(-c2[nH]c3cc(F)ccc3c2C[C@@H]2C[C@H](OC(C)=O)CN2C(=O)[C@H](CC)NC(=O)[C@H](C)CC)[nH]c2cc(F)ccc12. The Morgan fingerprint density at radius 2 is 0.689 bits per heavy atom. The Morgan fingerprint density at radius 1 is 0.410 bits per heavy atom. The Morgan fingerprint density at radius 3 is 0.959 bits per heavy atom. The zero-order valence-electron chi connectivity index (χ0n) is 72.4. The van der Waals surface area contributed by atoms with Gasteiger partial charge in [0.25, 0.3) is 0 Å². The smallest absolute Gasteiger partial charge is 0.302 e. The molecule has 0 saturated carbocycles. The predicted molar refractivity (Wildman–Crippen MR) is 457 cm³/mol. The van der Waals surface area contributed by atoms with E-state index in [0.29, 0.717) is 130 Å². The lowest BCUT2D eigenvalue weighted by molar-refractivity contribution is -0.147. The highest BCUT2D eigenvalue weighted by molar-refractivity contribution is 5.99. The Hall–Kier alpha value is -10.3. The first-order valence-electron chi connectivity index (χ1n) is 43.3. The number of H-pyrrole nitrogens is 4. The second-order valence-corrected chi connectivity index (χ2v) is 33.9. The first-order valence-corrected chi connectivity index (χ1v) is 43.3. The third-order valence-electron chi connectivity index (χ3n) is 25.6. The molecule has 0 aliphatic carbocycles. The lowest BCUT2D eigenvalue weighted by Gasteiger charge is -2.30. The van der Waals surface area contributed by atoms with E-state index in [9.17, 15) is 75.7 Å². The number of hydrogen-bond donors (Lipinski definition) is 10. The minimum Gasteiger partial charge on any atom is -0.461 e. The number of ketones is 2. The van der Waals surface area contributed by atoms with Crippen LogP contribution in [0.1, 0.15) is 182 Å². The normalized spacial score (nSPS) is 21.1. The first kappa shape index (κ1) is 92.4. The van der Waals surface area contributed by atoms with Crippen molar-refractivity contribution in [2.24, 2.45) is 23.7 Å². The number of aliphatic hydroxyl groups excluding tert-OH is 2. The molecule has 16 atom stereocenters. The number of benzene rings is 4. The number of ether oxygens (including phenoxy) is 2. The van der Waals surface area contributed by atoms with Gasteiger partial charge in [0.1, 0.15) is 59.1 Å². The average Bonchev–Trinajstić information content (AvgIpc) is 1.59. The molecule has 30 heteroatoms. The van der Waals surface area contributed by atoms with Gasteiger partial charge >= 0.3 is 11.9 Å². The standard InChI is InChI=1S/C48H62F2N6O8.C44H58F2N6O6/c1-9-25(4)46(60)54-40(11-3)48(62)56-24-35(64-28(7)58)20-33(56)22-39-37-15-13-31(50)18-42(37)53-45(39)44-38(36-14-12-30(49)17-41(36)52-44)21-32-19-34(63-27(6)57)23-55(32)47(61)29(10-2)16-43(59)26(5)51-8;1-7-23(4)42(56)50-36(9-3)44(58)52-22-31(54)18-29(52)20-35-33-13-11-27(46)16-38(33)49-41(35)40-34(32-12-10-26(45)15-37(32)48-40)19-28-17-30(53)21-51(28)43(57)25(8-2)14-39(55)24(5)47-6/h12-15,17-18,25-26,29,32-35,40,51-53H,9-11,16,19-24H2,1-8H3,(H,54,60);10-13,15-16,23-25,28-31,36,47-49,53-54H,7-9,14,17-22H2,1-6H3,(H,50,56)/t25-,26+,29-,32?,33+,34+,35+,40+;23-,24+,25-,28?,29+,30+,31+,36+/m11/s1. The molecule has 2 unspecified atom stereocenters. The number of aromatic nitrogens is 4. The number of Topliss-reactive ketones (excluding diaryl/α,β-unsaturated/α-hetero) is 2. The van der Waals surface area contributed by atoms with Crippen molar-refractivity contribution in [3.8, 4) is 22.8 Å². The fraction of sp³-hybridized carbons (Fsp3) is 0.543. The van der Waals surface area contributed by atoms with Crippen molar-refractivity contribution in [3.63, 3.8) is 0 Å². The zero-order valence-corrected chi connectivity index (χ0v) is 72.4. The van der Waals surface area contributed by atoms with Gasteiger partial charge in [0.05, 0.1) is 60.2 Å². The summed E-state index contributed by atoms with van der Waals surface area (Å²) in [5.41, 5.74) is 7.19. The van der Waals surface area contributed by atoms with Crippen LogP contribution in [-0.4, -0.2) is 222 Å². The number of β-amino-alcohol motifs (C(OH)–C–C–N with tert-alkyl or cyclic N) is 2. The number of aromatic amines is 4. The lowest BCUT2D eigenvalue weighted by Crippen LogP contribution is -2.51. The molecular formula is C92H120F4N12O14. The van der Waals surface area contributed by atoms with E-state index in [1.807, 2.05) is 48.5 Å². The van der Waals surface area contributed by atoms with E-state index in [1.165, 1.54) is 62.4 Å². The Labute approximate surface area is 708 Å². The lowest BCUT2D eigenvalue weighted by atomic mass is 9.93. The molecule has 660 valence electrons. The summed E-state index contributed by atoms with van der Waals surface area (Å²) < 4.78 is 70.9. The molecule has 8 aromatic rings.